The second-order valence-corrected chi connectivity index (χ2v) is 5.97. The molecule has 1 aromatic rings. The summed E-state index contributed by atoms with van der Waals surface area (Å²) in [5.41, 5.74) is -0.177. The van der Waals surface area contributed by atoms with E-state index in [1.807, 2.05) is 11.9 Å². The van der Waals surface area contributed by atoms with E-state index in [0.717, 1.165) is 25.7 Å². The summed E-state index contributed by atoms with van der Waals surface area (Å²) in [6.07, 6.45) is 3.69. The monoisotopic (exact) mass is 294 g/mol. The average Bonchev–Trinajstić information content (AvgIpc) is 2.84. The second-order valence-electron chi connectivity index (χ2n) is 5.97. The van der Waals surface area contributed by atoms with Crippen LogP contribution in [0.25, 0.3) is 0 Å². The van der Waals surface area contributed by atoms with Gasteiger partial charge in [0.2, 0.25) is 5.91 Å². The smallest absolute Gasteiger partial charge is 0.234 e. The standard InChI is InChI=1S/C16H23FN2O2/c1-19(12-16(21)8-4-5-9-16)11-15(20)18-10-13-6-2-3-7-14(13)17/h2-3,6-7,21H,4-5,8-12H2,1H3,(H,18,20). The van der Waals surface area contributed by atoms with E-state index in [-0.39, 0.29) is 24.8 Å². The van der Waals surface area contributed by atoms with Gasteiger partial charge in [0.15, 0.2) is 0 Å². The highest BCUT2D eigenvalue weighted by Crippen LogP contribution is 2.29. The molecule has 0 unspecified atom stereocenters. The first kappa shape index (κ1) is 15.9. The summed E-state index contributed by atoms with van der Waals surface area (Å²) in [4.78, 5) is 13.7. The Bertz CT molecular complexity index is 487. The molecule has 5 heteroatoms. The molecule has 1 aliphatic carbocycles. The lowest BCUT2D eigenvalue weighted by Gasteiger charge is -2.28. The molecule has 0 aromatic heterocycles. The highest BCUT2D eigenvalue weighted by molar-refractivity contribution is 5.77. The van der Waals surface area contributed by atoms with Crippen molar-refractivity contribution in [1.82, 2.24) is 10.2 Å². The molecule has 116 valence electrons. The normalized spacial score (nSPS) is 17.1. The van der Waals surface area contributed by atoms with Crippen molar-refractivity contribution in [3.05, 3.63) is 35.6 Å². The predicted molar refractivity (Wildman–Crippen MR) is 79.2 cm³/mol. The summed E-state index contributed by atoms with van der Waals surface area (Å²) in [7, 11) is 1.82. The van der Waals surface area contributed by atoms with E-state index in [9.17, 15) is 14.3 Å². The van der Waals surface area contributed by atoms with Crippen LogP contribution in [-0.4, -0.2) is 41.7 Å². The number of nitrogens with one attached hydrogen (secondary N) is 1. The Hall–Kier alpha value is -1.46. The van der Waals surface area contributed by atoms with E-state index in [0.29, 0.717) is 12.1 Å². The first-order valence-electron chi connectivity index (χ1n) is 7.40. The Balaban J connectivity index is 1.75. The summed E-state index contributed by atoms with van der Waals surface area (Å²) in [5, 5.41) is 13.0. The third-order valence-electron chi connectivity index (χ3n) is 3.95. The first-order valence-corrected chi connectivity index (χ1v) is 7.40. The summed E-state index contributed by atoms with van der Waals surface area (Å²) in [5.74, 6) is -0.478. The van der Waals surface area contributed by atoms with Crippen molar-refractivity contribution in [3.63, 3.8) is 0 Å². The van der Waals surface area contributed by atoms with Crippen LogP contribution in [0.5, 0.6) is 0 Å². The van der Waals surface area contributed by atoms with Crippen LogP contribution in [0.2, 0.25) is 0 Å². The van der Waals surface area contributed by atoms with Crippen LogP contribution in [0.3, 0.4) is 0 Å². The Morgan fingerprint density at radius 1 is 1.38 bits per heavy atom. The van der Waals surface area contributed by atoms with Crippen molar-refractivity contribution in [1.29, 1.82) is 0 Å². The summed E-state index contributed by atoms with van der Waals surface area (Å²) < 4.78 is 13.4. The summed E-state index contributed by atoms with van der Waals surface area (Å²) in [6, 6.07) is 6.40. The van der Waals surface area contributed by atoms with E-state index >= 15 is 0 Å². The van der Waals surface area contributed by atoms with Crippen molar-refractivity contribution >= 4 is 5.91 Å². The van der Waals surface area contributed by atoms with E-state index in [1.165, 1.54) is 6.07 Å². The Morgan fingerprint density at radius 3 is 2.71 bits per heavy atom. The number of nitrogens with zero attached hydrogens (tertiary/aromatic N) is 1. The molecular weight excluding hydrogens is 271 g/mol. The highest BCUT2D eigenvalue weighted by Gasteiger charge is 2.32. The fraction of sp³-hybridized carbons (Fsp3) is 0.562. The van der Waals surface area contributed by atoms with Gasteiger partial charge >= 0.3 is 0 Å². The van der Waals surface area contributed by atoms with E-state index in [4.69, 9.17) is 0 Å². The van der Waals surface area contributed by atoms with Gasteiger partial charge in [-0.15, -0.1) is 0 Å². The van der Waals surface area contributed by atoms with Crippen molar-refractivity contribution in [2.24, 2.45) is 0 Å². The average molecular weight is 294 g/mol. The zero-order valence-electron chi connectivity index (χ0n) is 12.4. The molecule has 1 fully saturated rings. The Kier molecular flexibility index (Phi) is 5.31. The van der Waals surface area contributed by atoms with Crippen molar-refractivity contribution in [2.45, 2.75) is 37.8 Å². The van der Waals surface area contributed by atoms with Gasteiger partial charge in [0.05, 0.1) is 12.1 Å². The third-order valence-corrected chi connectivity index (χ3v) is 3.95. The van der Waals surface area contributed by atoms with Gasteiger partial charge in [-0.25, -0.2) is 4.39 Å². The minimum Gasteiger partial charge on any atom is -0.389 e. The molecule has 0 heterocycles. The number of carbonyl (C=O) groups is 1. The van der Waals surface area contributed by atoms with Gasteiger partial charge < -0.3 is 10.4 Å². The predicted octanol–water partition coefficient (Wildman–Crippen LogP) is 1.68. The van der Waals surface area contributed by atoms with Crippen molar-refractivity contribution < 1.29 is 14.3 Å². The molecule has 4 nitrogen and oxygen atoms in total. The number of aliphatic hydroxyl groups is 1. The van der Waals surface area contributed by atoms with Crippen LogP contribution in [0, 0.1) is 5.82 Å². The molecular formula is C16H23FN2O2. The molecule has 0 bridgehead atoms. The SMILES string of the molecule is CN(CC(=O)NCc1ccccc1F)CC1(O)CCCC1. The number of halogens is 1. The molecule has 2 rings (SSSR count). The van der Waals surface area contributed by atoms with Crippen LogP contribution in [0.4, 0.5) is 4.39 Å². The van der Waals surface area contributed by atoms with Gasteiger partial charge in [0, 0.05) is 18.7 Å². The second kappa shape index (κ2) is 7.00. The molecule has 1 saturated carbocycles. The minimum atomic E-state index is -0.652. The molecule has 1 amide bonds. The molecule has 0 spiro atoms. The topological polar surface area (TPSA) is 52.6 Å². The molecule has 0 aliphatic heterocycles. The number of hydrogen-bond donors (Lipinski definition) is 2. The molecule has 2 N–H and O–H groups in total. The Morgan fingerprint density at radius 2 is 2.05 bits per heavy atom. The fourth-order valence-electron chi connectivity index (χ4n) is 2.89. The van der Waals surface area contributed by atoms with Crippen LogP contribution in [-0.2, 0) is 11.3 Å². The van der Waals surface area contributed by atoms with Gasteiger partial charge in [-0.1, -0.05) is 31.0 Å². The Labute approximate surface area is 125 Å². The molecule has 21 heavy (non-hydrogen) atoms. The van der Waals surface area contributed by atoms with Gasteiger partial charge in [-0.2, -0.15) is 0 Å². The van der Waals surface area contributed by atoms with Crippen LogP contribution >= 0.6 is 0 Å². The number of likely N-dealkylation sites (N-methyl/N-ethyl adjacent to an activating group) is 1. The van der Waals surface area contributed by atoms with Crippen molar-refractivity contribution in [2.75, 3.05) is 20.1 Å². The molecule has 1 aromatic carbocycles. The van der Waals surface area contributed by atoms with Crippen LogP contribution in [0.15, 0.2) is 24.3 Å². The lowest BCUT2D eigenvalue weighted by atomic mass is 10.0. The van der Waals surface area contributed by atoms with Crippen LogP contribution < -0.4 is 5.32 Å². The lowest BCUT2D eigenvalue weighted by molar-refractivity contribution is -0.122. The van der Waals surface area contributed by atoms with Gasteiger partial charge in [0.25, 0.3) is 0 Å². The maximum atomic E-state index is 13.4. The van der Waals surface area contributed by atoms with Gasteiger partial charge in [-0.3, -0.25) is 9.69 Å². The first-order chi connectivity index (χ1) is 9.98. The van der Waals surface area contributed by atoms with Crippen LogP contribution in [0.1, 0.15) is 31.2 Å². The van der Waals surface area contributed by atoms with Crippen molar-refractivity contribution in [3.8, 4) is 0 Å². The number of rotatable bonds is 6. The maximum absolute atomic E-state index is 13.4. The zero-order chi connectivity index (χ0) is 15.3. The van der Waals surface area contributed by atoms with E-state index in [1.54, 1.807) is 18.2 Å². The number of amides is 1. The quantitative estimate of drug-likeness (QED) is 0.839. The lowest BCUT2D eigenvalue weighted by Crippen LogP contribution is -2.43. The number of benzene rings is 1. The molecule has 0 atom stereocenters. The molecule has 1 aliphatic rings. The van der Waals surface area contributed by atoms with E-state index < -0.39 is 5.60 Å². The minimum absolute atomic E-state index is 0.164. The van der Waals surface area contributed by atoms with Gasteiger partial charge in [0.1, 0.15) is 5.82 Å². The summed E-state index contributed by atoms with van der Waals surface area (Å²) >= 11 is 0. The number of hydrogen-bond acceptors (Lipinski definition) is 3. The zero-order valence-corrected chi connectivity index (χ0v) is 12.4. The van der Waals surface area contributed by atoms with Gasteiger partial charge in [-0.05, 0) is 26.0 Å². The maximum Gasteiger partial charge on any atom is 0.234 e. The van der Waals surface area contributed by atoms with E-state index in [2.05, 4.69) is 5.32 Å². The number of carbonyl (C=O) groups excluding carboxylic acids is 1. The molecule has 0 saturated heterocycles. The highest BCUT2D eigenvalue weighted by atomic mass is 19.1. The summed E-state index contributed by atoms with van der Waals surface area (Å²) in [6.45, 7) is 0.889. The third kappa shape index (κ3) is 4.79. The molecule has 0 radical (unpaired) electrons. The largest absolute Gasteiger partial charge is 0.389 e. The fourth-order valence-corrected chi connectivity index (χ4v) is 2.89.